The number of esters is 1. The number of ketones is 1. The van der Waals surface area contributed by atoms with Crippen molar-refractivity contribution in [2.45, 2.75) is 83.9 Å². The van der Waals surface area contributed by atoms with Gasteiger partial charge in [-0.25, -0.2) is 4.68 Å². The van der Waals surface area contributed by atoms with Gasteiger partial charge in [-0.15, -0.1) is 0 Å². The van der Waals surface area contributed by atoms with E-state index in [0.29, 0.717) is 45.1 Å². The minimum Gasteiger partial charge on any atom is -0.442 e. The summed E-state index contributed by atoms with van der Waals surface area (Å²) in [7, 11) is 2.18. The van der Waals surface area contributed by atoms with E-state index in [1.807, 2.05) is 79.1 Å². The number of ether oxygens (including phenoxy) is 1. The number of Topliss-reactive ketones (excluding diaryl/α,β-unsaturated/α-hetero) is 1. The average Bonchev–Trinajstić information content (AvgIpc) is 3.68. The fourth-order valence-corrected chi connectivity index (χ4v) is 9.95. The maximum absolute atomic E-state index is 14.5. The van der Waals surface area contributed by atoms with Gasteiger partial charge in [0.15, 0.2) is 12.5 Å². The van der Waals surface area contributed by atoms with Crippen molar-refractivity contribution in [3.63, 3.8) is 0 Å². The smallest absolute Gasteiger partial charge is 0.317 e. The summed E-state index contributed by atoms with van der Waals surface area (Å²) >= 11 is 0. The number of piperazine rings is 1. The standard InChI is InChI=1S/C49H60N6O5/c1-34-26-35(28-40-32-50-55(46(34)40)33-60-48(59)49(2,3)41-12-6-5-7-13-41)27-39(47(58)54-24-22-52(23-25-54)42-16-18-51(4)19-17-42)31-45(57)53-20-14-36(15-21-53)43-29-37-10-8-9-11-38(37)30-44(43)56/h5-13,26,28-29,32,36,39,42H,14-25,27,30-31,33H2,1-4H3/t39-/m0/s1. The van der Waals surface area contributed by atoms with Gasteiger partial charge in [-0.05, 0) is 124 Å². The molecule has 4 heterocycles. The lowest BCUT2D eigenvalue weighted by Crippen LogP contribution is -2.55. The van der Waals surface area contributed by atoms with Gasteiger partial charge in [0.1, 0.15) is 0 Å². The number of amides is 2. The first-order chi connectivity index (χ1) is 28.9. The van der Waals surface area contributed by atoms with Gasteiger partial charge >= 0.3 is 5.97 Å². The van der Waals surface area contributed by atoms with E-state index in [9.17, 15) is 19.2 Å². The minimum atomic E-state index is -0.820. The van der Waals surface area contributed by atoms with Gasteiger partial charge < -0.3 is 19.4 Å². The number of carbonyl (C=O) groups excluding carboxylic acids is 4. The number of rotatable bonds is 11. The quantitative estimate of drug-likeness (QED) is 0.169. The lowest BCUT2D eigenvalue weighted by molar-refractivity contribution is -0.153. The Kier molecular flexibility index (Phi) is 12.4. The SMILES string of the molecule is Cc1cc(C[C@@H](CC(=O)N2CCC(C3=Cc4ccccc4CC3=O)CC2)C(=O)N2CCN(C3CCN(C)CC3)CC2)cc2cnn(COC(=O)C(C)(C)c3ccccc3)c12. The van der Waals surface area contributed by atoms with E-state index in [1.165, 1.54) is 0 Å². The molecule has 8 rings (SSSR count). The largest absolute Gasteiger partial charge is 0.442 e. The summed E-state index contributed by atoms with van der Waals surface area (Å²) in [6.45, 7) is 12.1. The van der Waals surface area contributed by atoms with Crippen molar-refractivity contribution < 1.29 is 23.9 Å². The Morgan fingerprint density at radius 2 is 1.55 bits per heavy atom. The van der Waals surface area contributed by atoms with E-state index < -0.39 is 11.3 Å². The minimum absolute atomic E-state index is 0.00285. The highest BCUT2D eigenvalue weighted by molar-refractivity contribution is 6.04. The van der Waals surface area contributed by atoms with E-state index in [-0.39, 0.29) is 42.6 Å². The van der Waals surface area contributed by atoms with Crippen LogP contribution in [-0.2, 0) is 48.9 Å². The predicted molar refractivity (Wildman–Crippen MR) is 233 cm³/mol. The number of allylic oxidation sites excluding steroid dienone is 1. The molecule has 3 fully saturated rings. The third kappa shape index (κ3) is 8.98. The molecule has 11 heteroatoms. The highest BCUT2D eigenvalue weighted by Crippen LogP contribution is 2.33. The molecule has 0 saturated carbocycles. The number of aryl methyl sites for hydroxylation is 1. The second kappa shape index (κ2) is 17.8. The first-order valence-electron chi connectivity index (χ1n) is 21.9. The molecule has 11 nitrogen and oxygen atoms in total. The monoisotopic (exact) mass is 812 g/mol. The number of hydrogen-bond acceptors (Lipinski definition) is 8. The molecule has 0 N–H and O–H groups in total. The topological polar surface area (TPSA) is 108 Å². The number of benzene rings is 3. The van der Waals surface area contributed by atoms with E-state index in [2.05, 4.69) is 46.2 Å². The molecular formula is C49H60N6O5. The van der Waals surface area contributed by atoms with Crippen LogP contribution in [0, 0.1) is 18.8 Å². The van der Waals surface area contributed by atoms with Crippen LogP contribution in [0.15, 0.2) is 78.5 Å². The summed E-state index contributed by atoms with van der Waals surface area (Å²) in [6.07, 6.45) is 8.63. The molecule has 4 aliphatic rings. The normalized spacial score (nSPS) is 19.3. The Morgan fingerprint density at radius 3 is 2.28 bits per heavy atom. The van der Waals surface area contributed by atoms with Crippen LogP contribution >= 0.6 is 0 Å². The lowest BCUT2D eigenvalue weighted by atomic mass is 9.80. The van der Waals surface area contributed by atoms with Gasteiger partial charge in [0.25, 0.3) is 0 Å². The number of hydrogen-bond donors (Lipinski definition) is 0. The van der Waals surface area contributed by atoms with Crippen molar-refractivity contribution in [3.8, 4) is 0 Å². The number of fused-ring (bicyclic) bond motifs is 2. The third-order valence-corrected chi connectivity index (χ3v) is 13.7. The van der Waals surface area contributed by atoms with Crippen molar-refractivity contribution in [2.75, 3.05) is 59.4 Å². The first kappa shape index (κ1) is 41.6. The van der Waals surface area contributed by atoms with Crippen LogP contribution in [0.2, 0.25) is 0 Å². The van der Waals surface area contributed by atoms with Crippen molar-refractivity contribution >= 4 is 40.5 Å². The Balaban J connectivity index is 0.955. The zero-order valence-electron chi connectivity index (χ0n) is 35.8. The average molecular weight is 813 g/mol. The van der Waals surface area contributed by atoms with Crippen LogP contribution < -0.4 is 0 Å². The summed E-state index contributed by atoms with van der Waals surface area (Å²) in [5.41, 5.74) is 5.93. The van der Waals surface area contributed by atoms with Crippen LogP contribution in [0.5, 0.6) is 0 Å². The maximum Gasteiger partial charge on any atom is 0.317 e. The molecule has 4 aromatic rings. The molecule has 0 bridgehead atoms. The number of nitrogens with zero attached hydrogens (tertiary/aromatic N) is 6. The second-order valence-corrected chi connectivity index (χ2v) is 18.1. The Labute approximate surface area is 354 Å². The Bertz CT molecular complexity index is 2240. The summed E-state index contributed by atoms with van der Waals surface area (Å²) in [5.74, 6) is -0.499. The molecule has 3 saturated heterocycles. The fraction of sp³-hybridized carbons (Fsp3) is 0.490. The summed E-state index contributed by atoms with van der Waals surface area (Å²) in [4.78, 5) is 64.0. The molecule has 3 aliphatic heterocycles. The van der Waals surface area contributed by atoms with Crippen molar-refractivity contribution in [1.82, 2.24) is 29.4 Å². The summed E-state index contributed by atoms with van der Waals surface area (Å²) in [5, 5.41) is 5.49. The molecule has 0 unspecified atom stereocenters. The van der Waals surface area contributed by atoms with E-state index in [1.54, 1.807) is 10.9 Å². The van der Waals surface area contributed by atoms with Gasteiger partial charge in [0, 0.05) is 63.5 Å². The lowest BCUT2D eigenvalue weighted by Gasteiger charge is -2.43. The van der Waals surface area contributed by atoms with Crippen LogP contribution in [-0.4, -0.2) is 118 Å². The van der Waals surface area contributed by atoms with Gasteiger partial charge in [0.05, 0.1) is 23.0 Å². The number of carbonyl (C=O) groups is 4. The molecule has 1 aliphatic carbocycles. The molecular weight excluding hydrogens is 753 g/mol. The van der Waals surface area contributed by atoms with Crippen LogP contribution in [0.3, 0.4) is 0 Å². The van der Waals surface area contributed by atoms with E-state index in [0.717, 1.165) is 96.2 Å². The molecule has 0 radical (unpaired) electrons. The summed E-state index contributed by atoms with van der Waals surface area (Å²) < 4.78 is 7.53. The predicted octanol–water partition coefficient (Wildman–Crippen LogP) is 6.06. The Morgan fingerprint density at radius 1 is 0.850 bits per heavy atom. The maximum atomic E-state index is 14.5. The zero-order chi connectivity index (χ0) is 42.0. The van der Waals surface area contributed by atoms with Gasteiger partial charge in [-0.2, -0.15) is 5.10 Å². The molecule has 2 amide bonds. The van der Waals surface area contributed by atoms with Crippen LogP contribution in [0.1, 0.15) is 73.8 Å². The van der Waals surface area contributed by atoms with Gasteiger partial charge in [-0.1, -0.05) is 60.7 Å². The van der Waals surface area contributed by atoms with Crippen molar-refractivity contribution in [1.29, 1.82) is 0 Å². The number of aromatic nitrogens is 2. The number of likely N-dealkylation sites (tertiary alicyclic amines) is 2. The molecule has 1 aromatic heterocycles. The van der Waals surface area contributed by atoms with E-state index >= 15 is 0 Å². The highest BCUT2D eigenvalue weighted by atomic mass is 16.5. The molecule has 60 heavy (non-hydrogen) atoms. The highest BCUT2D eigenvalue weighted by Gasteiger charge is 2.36. The van der Waals surface area contributed by atoms with Crippen molar-refractivity contribution in [3.05, 3.63) is 106 Å². The van der Waals surface area contributed by atoms with Crippen molar-refractivity contribution in [2.24, 2.45) is 11.8 Å². The molecule has 1 atom stereocenters. The molecule has 0 spiro atoms. The zero-order valence-corrected chi connectivity index (χ0v) is 35.8. The first-order valence-corrected chi connectivity index (χ1v) is 21.9. The molecule has 316 valence electrons. The molecule has 3 aromatic carbocycles. The van der Waals surface area contributed by atoms with E-state index in [4.69, 9.17) is 4.74 Å². The summed E-state index contributed by atoms with van der Waals surface area (Å²) in [6, 6.07) is 22.4. The Hall–Kier alpha value is -5.13. The van der Waals surface area contributed by atoms with Crippen LogP contribution in [0.4, 0.5) is 0 Å². The number of piperidine rings is 2. The van der Waals surface area contributed by atoms with Gasteiger partial charge in [-0.3, -0.25) is 24.1 Å². The third-order valence-electron chi connectivity index (χ3n) is 13.7. The van der Waals surface area contributed by atoms with Crippen LogP contribution in [0.25, 0.3) is 17.0 Å². The van der Waals surface area contributed by atoms with Gasteiger partial charge in [0.2, 0.25) is 11.8 Å². The fourth-order valence-electron chi connectivity index (χ4n) is 9.95. The second-order valence-electron chi connectivity index (χ2n) is 18.1.